The Morgan fingerprint density at radius 1 is 1.67 bits per heavy atom. The molecule has 0 fully saturated rings. The van der Waals surface area contributed by atoms with Gasteiger partial charge >= 0.3 is 0 Å². The van der Waals surface area contributed by atoms with Crippen LogP contribution >= 0.6 is 11.3 Å². The first kappa shape index (κ1) is 12.8. The number of nitrogens with zero attached hydrogens (tertiary/aromatic N) is 1. The van der Waals surface area contributed by atoms with Crippen molar-refractivity contribution in [3.8, 4) is 10.8 Å². The van der Waals surface area contributed by atoms with E-state index in [2.05, 4.69) is 10.3 Å². The van der Waals surface area contributed by atoms with Gasteiger partial charge in [-0.05, 0) is 25.5 Å². The maximum Gasteiger partial charge on any atom is 0.263 e. The molecule has 3 N–H and O–H groups in total. The molecule has 2 aromatic rings. The lowest BCUT2D eigenvalue weighted by molar-refractivity contribution is 0.0956. The van der Waals surface area contributed by atoms with Crippen molar-refractivity contribution >= 4 is 17.2 Å². The number of amides is 1. The Kier molecular flexibility index (Phi) is 4.11. The van der Waals surface area contributed by atoms with Crippen molar-refractivity contribution in [2.24, 2.45) is 5.73 Å². The third kappa shape index (κ3) is 3.18. The van der Waals surface area contributed by atoms with Crippen LogP contribution in [-0.2, 0) is 0 Å². The van der Waals surface area contributed by atoms with Crippen molar-refractivity contribution in [1.29, 1.82) is 0 Å². The monoisotopic (exact) mass is 265 g/mol. The zero-order chi connectivity index (χ0) is 13.0. The Bertz CT molecular complexity index is 505. The quantitative estimate of drug-likeness (QED) is 0.864. The second kappa shape index (κ2) is 5.79. The first-order chi connectivity index (χ1) is 8.66. The molecule has 1 atom stereocenters. The minimum Gasteiger partial charge on any atom is -0.462 e. The minimum absolute atomic E-state index is 0.0884. The lowest BCUT2D eigenvalue weighted by Crippen LogP contribution is -2.28. The standard InChI is InChI=1S/C12H15N3O2S/c1-8(13)4-5-14-11(16)10-7-15-12(18-10)9-3-2-6-17-9/h2-3,6-8H,4-5,13H2,1H3,(H,14,16). The average molecular weight is 265 g/mol. The van der Waals surface area contributed by atoms with Crippen LogP contribution in [0.15, 0.2) is 29.0 Å². The molecule has 2 rings (SSSR count). The molecule has 0 aromatic carbocycles. The molecule has 5 nitrogen and oxygen atoms in total. The first-order valence-electron chi connectivity index (χ1n) is 5.70. The van der Waals surface area contributed by atoms with Crippen molar-refractivity contribution in [3.63, 3.8) is 0 Å². The molecule has 6 heteroatoms. The highest BCUT2D eigenvalue weighted by Gasteiger charge is 2.12. The van der Waals surface area contributed by atoms with Crippen LogP contribution in [0, 0.1) is 0 Å². The molecule has 2 aromatic heterocycles. The summed E-state index contributed by atoms with van der Waals surface area (Å²) in [5.41, 5.74) is 5.61. The van der Waals surface area contributed by atoms with E-state index in [1.54, 1.807) is 18.5 Å². The van der Waals surface area contributed by atoms with E-state index in [4.69, 9.17) is 10.2 Å². The fourth-order valence-electron chi connectivity index (χ4n) is 1.39. The fourth-order valence-corrected chi connectivity index (χ4v) is 2.19. The molecule has 0 saturated carbocycles. The molecule has 0 spiro atoms. The van der Waals surface area contributed by atoms with Gasteiger partial charge in [0.05, 0.1) is 12.5 Å². The van der Waals surface area contributed by atoms with Gasteiger partial charge in [-0.3, -0.25) is 4.79 Å². The number of hydrogen-bond acceptors (Lipinski definition) is 5. The number of nitrogens with two attached hydrogens (primary N) is 1. The maximum atomic E-state index is 11.8. The van der Waals surface area contributed by atoms with E-state index in [0.717, 1.165) is 6.42 Å². The van der Waals surface area contributed by atoms with Gasteiger partial charge in [-0.15, -0.1) is 11.3 Å². The third-order valence-electron chi connectivity index (χ3n) is 2.35. The van der Waals surface area contributed by atoms with Gasteiger partial charge in [0.25, 0.3) is 5.91 Å². The molecule has 0 bridgehead atoms. The largest absolute Gasteiger partial charge is 0.462 e. The lowest BCUT2D eigenvalue weighted by atomic mass is 10.2. The van der Waals surface area contributed by atoms with Gasteiger partial charge < -0.3 is 15.5 Å². The molecule has 18 heavy (non-hydrogen) atoms. The number of carbonyl (C=O) groups is 1. The molecular weight excluding hydrogens is 250 g/mol. The van der Waals surface area contributed by atoms with Gasteiger partial charge in [-0.1, -0.05) is 0 Å². The predicted octanol–water partition coefficient (Wildman–Crippen LogP) is 1.87. The highest BCUT2D eigenvalue weighted by Crippen LogP contribution is 2.25. The lowest BCUT2D eigenvalue weighted by Gasteiger charge is -2.05. The Balaban J connectivity index is 1.95. The van der Waals surface area contributed by atoms with Gasteiger partial charge in [-0.25, -0.2) is 4.98 Å². The summed E-state index contributed by atoms with van der Waals surface area (Å²) >= 11 is 1.31. The second-order valence-electron chi connectivity index (χ2n) is 4.03. The highest BCUT2D eigenvalue weighted by atomic mass is 32.1. The summed E-state index contributed by atoms with van der Waals surface area (Å²) in [6.45, 7) is 2.48. The van der Waals surface area contributed by atoms with Crippen molar-refractivity contribution in [2.75, 3.05) is 6.54 Å². The Morgan fingerprint density at radius 2 is 2.50 bits per heavy atom. The number of rotatable bonds is 5. The Labute approximate surface area is 109 Å². The smallest absolute Gasteiger partial charge is 0.263 e. The van der Waals surface area contributed by atoms with Crippen LogP contribution < -0.4 is 11.1 Å². The zero-order valence-electron chi connectivity index (χ0n) is 10.1. The third-order valence-corrected chi connectivity index (χ3v) is 3.36. The van der Waals surface area contributed by atoms with Crippen molar-refractivity contribution < 1.29 is 9.21 Å². The van der Waals surface area contributed by atoms with Crippen molar-refractivity contribution in [3.05, 3.63) is 29.5 Å². The summed E-state index contributed by atoms with van der Waals surface area (Å²) in [5.74, 6) is 0.556. The maximum absolute atomic E-state index is 11.8. The van der Waals surface area contributed by atoms with E-state index in [9.17, 15) is 4.79 Å². The minimum atomic E-state index is -0.119. The molecule has 1 unspecified atom stereocenters. The first-order valence-corrected chi connectivity index (χ1v) is 6.52. The summed E-state index contributed by atoms with van der Waals surface area (Å²) in [6.07, 6.45) is 3.90. The number of nitrogens with one attached hydrogen (secondary N) is 1. The summed E-state index contributed by atoms with van der Waals surface area (Å²) in [4.78, 5) is 16.5. The van der Waals surface area contributed by atoms with E-state index in [1.165, 1.54) is 11.3 Å². The molecule has 0 aliphatic carbocycles. The molecule has 0 saturated heterocycles. The fraction of sp³-hybridized carbons (Fsp3) is 0.333. The van der Waals surface area contributed by atoms with Crippen LogP contribution in [0.3, 0.4) is 0 Å². The topological polar surface area (TPSA) is 81.1 Å². The van der Waals surface area contributed by atoms with Gasteiger partial charge in [-0.2, -0.15) is 0 Å². The van der Waals surface area contributed by atoms with Crippen LogP contribution in [0.4, 0.5) is 0 Å². The predicted molar refractivity (Wildman–Crippen MR) is 70.4 cm³/mol. The van der Waals surface area contributed by atoms with Crippen molar-refractivity contribution in [2.45, 2.75) is 19.4 Å². The van der Waals surface area contributed by atoms with Crippen LogP contribution in [0.5, 0.6) is 0 Å². The van der Waals surface area contributed by atoms with Gasteiger partial charge in [0, 0.05) is 12.6 Å². The summed E-state index contributed by atoms with van der Waals surface area (Å²) in [6, 6.07) is 3.70. The number of hydrogen-bond donors (Lipinski definition) is 2. The Hall–Kier alpha value is -1.66. The van der Waals surface area contributed by atoms with E-state index in [-0.39, 0.29) is 11.9 Å². The molecule has 1 amide bonds. The SMILES string of the molecule is CC(N)CCNC(=O)c1cnc(-c2ccco2)s1. The van der Waals surface area contributed by atoms with Crippen LogP contribution in [-0.4, -0.2) is 23.5 Å². The molecule has 2 heterocycles. The molecule has 96 valence electrons. The second-order valence-corrected chi connectivity index (χ2v) is 5.06. The van der Waals surface area contributed by atoms with Gasteiger partial charge in [0.2, 0.25) is 0 Å². The summed E-state index contributed by atoms with van der Waals surface area (Å²) < 4.78 is 5.22. The van der Waals surface area contributed by atoms with Crippen LogP contribution in [0.25, 0.3) is 10.8 Å². The van der Waals surface area contributed by atoms with Crippen molar-refractivity contribution in [1.82, 2.24) is 10.3 Å². The average Bonchev–Trinajstić information content (AvgIpc) is 2.99. The highest BCUT2D eigenvalue weighted by molar-refractivity contribution is 7.16. The molecular formula is C12H15N3O2S. The summed E-state index contributed by atoms with van der Waals surface area (Å²) in [5, 5.41) is 3.52. The molecule has 0 aliphatic rings. The van der Waals surface area contributed by atoms with Gasteiger partial charge in [0.15, 0.2) is 10.8 Å². The zero-order valence-corrected chi connectivity index (χ0v) is 10.9. The van der Waals surface area contributed by atoms with E-state index < -0.39 is 0 Å². The normalized spacial score (nSPS) is 12.3. The van der Waals surface area contributed by atoms with Crippen LogP contribution in [0.1, 0.15) is 23.0 Å². The number of aromatic nitrogens is 1. The number of carbonyl (C=O) groups excluding carboxylic acids is 1. The van der Waals surface area contributed by atoms with E-state index in [0.29, 0.717) is 22.2 Å². The number of thiazole rings is 1. The van der Waals surface area contributed by atoms with E-state index >= 15 is 0 Å². The Morgan fingerprint density at radius 3 is 3.17 bits per heavy atom. The molecule has 0 radical (unpaired) electrons. The number of furan rings is 1. The molecule has 0 aliphatic heterocycles. The van der Waals surface area contributed by atoms with E-state index in [1.807, 2.05) is 13.0 Å². The van der Waals surface area contributed by atoms with Gasteiger partial charge in [0.1, 0.15) is 4.88 Å². The summed E-state index contributed by atoms with van der Waals surface area (Å²) in [7, 11) is 0. The van der Waals surface area contributed by atoms with Crippen LogP contribution in [0.2, 0.25) is 0 Å².